The molecule has 0 atom stereocenters. The molecule has 1 saturated heterocycles. The molecule has 0 aliphatic carbocycles. The number of phenolic OH excluding ortho intramolecular Hbond substituents is 1. The Bertz CT molecular complexity index is 997. The fraction of sp³-hybridized carbons (Fsp3) is 0.400. The quantitative estimate of drug-likeness (QED) is 0.625. The molecule has 10 heteroatoms. The number of benzene rings is 1. The number of nitrogens with zero attached hydrogens (tertiary/aromatic N) is 2. The lowest BCUT2D eigenvalue weighted by Crippen LogP contribution is -2.50. The van der Waals surface area contributed by atoms with Gasteiger partial charge in [0, 0.05) is 50.1 Å². The minimum absolute atomic E-state index is 0.0600. The Morgan fingerprint density at radius 1 is 1.17 bits per heavy atom. The van der Waals surface area contributed by atoms with Gasteiger partial charge in [-0.05, 0) is 42.5 Å². The molecule has 1 aliphatic rings. The Hall–Kier alpha value is -2.43. The largest absolute Gasteiger partial charge is 0.507 e. The zero-order valence-electron chi connectivity index (χ0n) is 16.7. The van der Waals surface area contributed by atoms with Crippen molar-refractivity contribution < 1.29 is 23.1 Å². The van der Waals surface area contributed by atoms with E-state index in [4.69, 9.17) is 0 Å². The zero-order valence-corrected chi connectivity index (χ0v) is 18.3. The third-order valence-corrected chi connectivity index (χ3v) is 7.57. The summed E-state index contributed by atoms with van der Waals surface area (Å²) >= 11 is 1.45. The van der Waals surface area contributed by atoms with Gasteiger partial charge in [0.25, 0.3) is 5.91 Å². The number of piperazine rings is 1. The summed E-state index contributed by atoms with van der Waals surface area (Å²) in [5.74, 6) is -0.485. The Labute approximate surface area is 180 Å². The van der Waals surface area contributed by atoms with E-state index in [1.807, 2.05) is 5.38 Å². The number of aromatic hydroxyl groups is 1. The van der Waals surface area contributed by atoms with E-state index in [2.05, 4.69) is 5.32 Å². The van der Waals surface area contributed by atoms with Gasteiger partial charge in [-0.3, -0.25) is 9.59 Å². The molecule has 0 saturated carbocycles. The van der Waals surface area contributed by atoms with Gasteiger partial charge in [0.1, 0.15) is 10.6 Å². The van der Waals surface area contributed by atoms with Gasteiger partial charge in [0.05, 0.1) is 0 Å². The van der Waals surface area contributed by atoms with Crippen molar-refractivity contribution in [2.45, 2.75) is 24.7 Å². The molecule has 162 valence electrons. The SMILES string of the molecule is Cc1ccc(O)c(S(=O)(=O)N2CCN(C(=O)CCCNC(=O)c3ccsc3)CC2)c1. The lowest BCUT2D eigenvalue weighted by Gasteiger charge is -2.34. The van der Waals surface area contributed by atoms with Crippen LogP contribution in [-0.4, -0.2) is 67.3 Å². The maximum atomic E-state index is 12.8. The number of nitrogens with one attached hydrogen (secondary N) is 1. The first kappa shape index (κ1) is 22.3. The third-order valence-electron chi connectivity index (χ3n) is 4.96. The second-order valence-corrected chi connectivity index (χ2v) is 9.81. The predicted molar refractivity (Wildman–Crippen MR) is 114 cm³/mol. The van der Waals surface area contributed by atoms with E-state index in [-0.39, 0.29) is 42.0 Å². The third kappa shape index (κ3) is 5.18. The number of carbonyl (C=O) groups excluding carboxylic acids is 2. The van der Waals surface area contributed by atoms with Crippen LogP contribution in [0.4, 0.5) is 0 Å². The Kier molecular flexibility index (Phi) is 7.11. The highest BCUT2D eigenvalue weighted by atomic mass is 32.2. The normalized spacial score (nSPS) is 15.2. The van der Waals surface area contributed by atoms with Gasteiger partial charge >= 0.3 is 0 Å². The van der Waals surface area contributed by atoms with Gasteiger partial charge < -0.3 is 15.3 Å². The van der Waals surface area contributed by atoms with Crippen molar-refractivity contribution in [3.63, 3.8) is 0 Å². The molecule has 0 bridgehead atoms. The first-order valence-electron chi connectivity index (χ1n) is 9.67. The molecule has 2 heterocycles. The molecule has 2 aromatic rings. The van der Waals surface area contributed by atoms with Crippen LogP contribution in [0.2, 0.25) is 0 Å². The van der Waals surface area contributed by atoms with Crippen LogP contribution < -0.4 is 5.32 Å². The number of carbonyl (C=O) groups is 2. The van der Waals surface area contributed by atoms with Crippen molar-refractivity contribution in [1.29, 1.82) is 0 Å². The molecule has 8 nitrogen and oxygen atoms in total. The van der Waals surface area contributed by atoms with Gasteiger partial charge in [0.15, 0.2) is 0 Å². The maximum Gasteiger partial charge on any atom is 0.252 e. The van der Waals surface area contributed by atoms with Crippen molar-refractivity contribution in [1.82, 2.24) is 14.5 Å². The minimum Gasteiger partial charge on any atom is -0.507 e. The number of thiophene rings is 1. The lowest BCUT2D eigenvalue weighted by molar-refractivity contribution is -0.132. The highest BCUT2D eigenvalue weighted by Crippen LogP contribution is 2.27. The average Bonchev–Trinajstić information content (AvgIpc) is 3.27. The van der Waals surface area contributed by atoms with E-state index in [1.54, 1.807) is 29.3 Å². The summed E-state index contributed by atoms with van der Waals surface area (Å²) in [6.07, 6.45) is 0.805. The molecule has 0 unspecified atom stereocenters. The second kappa shape index (κ2) is 9.59. The van der Waals surface area contributed by atoms with Gasteiger partial charge in [-0.1, -0.05) is 6.07 Å². The highest BCUT2D eigenvalue weighted by molar-refractivity contribution is 7.89. The Morgan fingerprint density at radius 3 is 2.57 bits per heavy atom. The molecule has 1 fully saturated rings. The number of phenols is 1. The van der Waals surface area contributed by atoms with Crippen LogP contribution in [0.15, 0.2) is 39.9 Å². The fourth-order valence-electron chi connectivity index (χ4n) is 3.24. The summed E-state index contributed by atoms with van der Waals surface area (Å²) in [4.78, 5) is 25.8. The van der Waals surface area contributed by atoms with Crippen LogP contribution in [0.3, 0.4) is 0 Å². The number of hydrogen-bond acceptors (Lipinski definition) is 6. The molecule has 2 amide bonds. The number of hydrogen-bond donors (Lipinski definition) is 2. The molecular weight excluding hydrogens is 426 g/mol. The highest BCUT2D eigenvalue weighted by Gasteiger charge is 2.31. The molecule has 1 aromatic carbocycles. The molecule has 0 spiro atoms. The van der Waals surface area contributed by atoms with Crippen molar-refractivity contribution in [3.05, 3.63) is 46.2 Å². The van der Waals surface area contributed by atoms with E-state index >= 15 is 0 Å². The smallest absolute Gasteiger partial charge is 0.252 e. The standard InChI is InChI=1S/C20H25N3O5S2/c1-15-4-5-17(24)18(13-15)30(27,28)23-10-8-22(9-11-23)19(25)3-2-7-21-20(26)16-6-12-29-14-16/h4-6,12-14,24H,2-3,7-11H2,1H3,(H,21,26). The van der Waals surface area contributed by atoms with Crippen molar-refractivity contribution in [3.8, 4) is 5.75 Å². The van der Waals surface area contributed by atoms with Crippen LogP contribution in [-0.2, 0) is 14.8 Å². The number of amides is 2. The fourth-order valence-corrected chi connectivity index (χ4v) is 5.47. The summed E-state index contributed by atoms with van der Waals surface area (Å²) in [6.45, 7) is 3.11. The number of rotatable bonds is 7. The van der Waals surface area contributed by atoms with Crippen LogP contribution in [0.1, 0.15) is 28.8 Å². The Morgan fingerprint density at radius 2 is 1.90 bits per heavy atom. The predicted octanol–water partition coefficient (Wildman–Crippen LogP) is 1.81. The topological polar surface area (TPSA) is 107 Å². The van der Waals surface area contributed by atoms with E-state index in [0.29, 0.717) is 31.6 Å². The van der Waals surface area contributed by atoms with Crippen LogP contribution in [0.5, 0.6) is 5.75 Å². The minimum atomic E-state index is -3.82. The molecule has 3 rings (SSSR count). The molecular formula is C20H25N3O5S2. The molecule has 1 aromatic heterocycles. The summed E-state index contributed by atoms with van der Waals surface area (Å²) in [6, 6.07) is 6.22. The summed E-state index contributed by atoms with van der Waals surface area (Å²) in [7, 11) is -3.82. The molecule has 30 heavy (non-hydrogen) atoms. The number of aryl methyl sites for hydroxylation is 1. The summed E-state index contributed by atoms with van der Waals surface area (Å²) in [5, 5.41) is 16.3. The number of sulfonamides is 1. The second-order valence-electron chi connectivity index (χ2n) is 7.13. The summed E-state index contributed by atoms with van der Waals surface area (Å²) < 4.78 is 27.0. The first-order valence-corrected chi connectivity index (χ1v) is 12.1. The van der Waals surface area contributed by atoms with Gasteiger partial charge in [0.2, 0.25) is 15.9 Å². The maximum absolute atomic E-state index is 12.8. The van der Waals surface area contributed by atoms with E-state index < -0.39 is 10.0 Å². The Balaban J connectivity index is 1.46. The molecule has 2 N–H and O–H groups in total. The van der Waals surface area contributed by atoms with Crippen molar-refractivity contribution >= 4 is 33.2 Å². The molecule has 0 radical (unpaired) electrons. The average molecular weight is 452 g/mol. The van der Waals surface area contributed by atoms with Gasteiger partial charge in [-0.15, -0.1) is 0 Å². The lowest BCUT2D eigenvalue weighted by atomic mass is 10.2. The van der Waals surface area contributed by atoms with Crippen molar-refractivity contribution in [2.24, 2.45) is 0 Å². The molecule has 1 aliphatic heterocycles. The zero-order chi connectivity index (χ0) is 21.7. The summed E-state index contributed by atoms with van der Waals surface area (Å²) in [5.41, 5.74) is 1.36. The monoisotopic (exact) mass is 451 g/mol. The van der Waals surface area contributed by atoms with Crippen molar-refractivity contribution in [2.75, 3.05) is 32.7 Å². The van der Waals surface area contributed by atoms with E-state index in [0.717, 1.165) is 5.56 Å². The van der Waals surface area contributed by atoms with Gasteiger partial charge in [-0.2, -0.15) is 15.6 Å². The first-order chi connectivity index (χ1) is 14.3. The van der Waals surface area contributed by atoms with Crippen LogP contribution in [0.25, 0.3) is 0 Å². The van der Waals surface area contributed by atoms with Crippen LogP contribution >= 0.6 is 11.3 Å². The van der Waals surface area contributed by atoms with Gasteiger partial charge in [-0.25, -0.2) is 8.42 Å². The van der Waals surface area contributed by atoms with E-state index in [9.17, 15) is 23.1 Å². The van der Waals surface area contributed by atoms with E-state index in [1.165, 1.54) is 27.8 Å². The van der Waals surface area contributed by atoms with Crippen LogP contribution in [0, 0.1) is 6.92 Å².